The number of aromatic amines is 1. The Morgan fingerprint density at radius 2 is 2.07 bits per heavy atom. The van der Waals surface area contributed by atoms with Crippen LogP contribution < -0.4 is 10.2 Å². The lowest BCUT2D eigenvalue weighted by atomic mass is 10.2. The Morgan fingerprint density at radius 1 is 1.22 bits per heavy atom. The van der Waals surface area contributed by atoms with Crippen LogP contribution in [-0.4, -0.2) is 43.9 Å². The Hall–Kier alpha value is -4.01. The van der Waals surface area contributed by atoms with Gasteiger partial charge in [-0.1, -0.05) is 18.2 Å². The number of hydrogen-bond acceptors (Lipinski definition) is 6. The van der Waals surface area contributed by atoms with Gasteiger partial charge in [-0.3, -0.25) is 4.79 Å². The van der Waals surface area contributed by atoms with E-state index in [0.717, 1.165) is 22.2 Å². The van der Waals surface area contributed by atoms with Gasteiger partial charge in [0.05, 0.1) is 11.9 Å². The summed E-state index contributed by atoms with van der Waals surface area (Å²) in [5.74, 6) is 0.207. The third kappa shape index (κ3) is 3.82. The third-order valence-corrected chi connectivity index (χ3v) is 3.83. The van der Waals surface area contributed by atoms with Gasteiger partial charge in [-0.15, -0.1) is 5.10 Å². The summed E-state index contributed by atoms with van der Waals surface area (Å²) in [5, 5.41) is 16.0. The number of hydrazone groups is 1. The smallest absolute Gasteiger partial charge is 0.277 e. The molecule has 2 aromatic carbocycles. The average Bonchev–Trinajstić information content (AvgIpc) is 3.37. The van der Waals surface area contributed by atoms with Gasteiger partial charge in [-0.25, -0.2) is 10.1 Å². The number of amides is 1. The number of fused-ring (bicyclic) bond motifs is 1. The third-order valence-electron chi connectivity index (χ3n) is 3.83. The van der Waals surface area contributed by atoms with Gasteiger partial charge in [0.25, 0.3) is 5.91 Å². The summed E-state index contributed by atoms with van der Waals surface area (Å²) in [6.07, 6.45) is 4.93. The first kappa shape index (κ1) is 16.5. The zero-order valence-corrected chi connectivity index (χ0v) is 14.1. The van der Waals surface area contributed by atoms with E-state index in [2.05, 4.69) is 31.0 Å². The second kappa shape index (κ2) is 7.48. The monoisotopic (exact) mass is 361 g/mol. The SMILES string of the molecule is O=C(COc1ccc(-n2cnnn2)cc1)N/N=C\c1c[nH]c2ccccc12. The number of H-pyrrole nitrogens is 1. The molecule has 1 amide bonds. The molecule has 4 rings (SSSR count). The quantitative estimate of drug-likeness (QED) is 0.401. The van der Waals surface area contributed by atoms with Gasteiger partial charge in [0, 0.05) is 22.7 Å². The second-order valence-electron chi connectivity index (χ2n) is 5.62. The van der Waals surface area contributed by atoms with E-state index >= 15 is 0 Å². The van der Waals surface area contributed by atoms with Gasteiger partial charge >= 0.3 is 0 Å². The molecule has 134 valence electrons. The highest BCUT2D eigenvalue weighted by Crippen LogP contribution is 2.16. The van der Waals surface area contributed by atoms with Crippen LogP contribution in [0.25, 0.3) is 16.6 Å². The van der Waals surface area contributed by atoms with Crippen molar-refractivity contribution in [2.75, 3.05) is 6.61 Å². The minimum absolute atomic E-state index is 0.143. The summed E-state index contributed by atoms with van der Waals surface area (Å²) in [4.78, 5) is 15.0. The first-order valence-electron chi connectivity index (χ1n) is 8.14. The predicted molar refractivity (Wildman–Crippen MR) is 98.7 cm³/mol. The van der Waals surface area contributed by atoms with Crippen LogP contribution in [0, 0.1) is 0 Å². The molecule has 0 saturated heterocycles. The van der Waals surface area contributed by atoms with Crippen LogP contribution >= 0.6 is 0 Å². The number of ether oxygens (including phenoxy) is 1. The normalized spacial score (nSPS) is 11.1. The molecular weight excluding hydrogens is 346 g/mol. The Bertz CT molecular complexity index is 1070. The van der Waals surface area contributed by atoms with Crippen LogP contribution in [0.5, 0.6) is 5.75 Å². The number of aromatic nitrogens is 5. The molecular formula is C18H15N7O2. The van der Waals surface area contributed by atoms with Crippen LogP contribution in [0.3, 0.4) is 0 Å². The van der Waals surface area contributed by atoms with Crippen molar-refractivity contribution in [3.63, 3.8) is 0 Å². The molecule has 2 heterocycles. The minimum Gasteiger partial charge on any atom is -0.484 e. The molecule has 4 aromatic rings. The van der Waals surface area contributed by atoms with E-state index in [1.54, 1.807) is 30.5 Å². The van der Waals surface area contributed by atoms with Gasteiger partial charge in [-0.2, -0.15) is 5.10 Å². The molecule has 0 bridgehead atoms. The number of carbonyl (C=O) groups is 1. The molecule has 9 heteroatoms. The summed E-state index contributed by atoms with van der Waals surface area (Å²) >= 11 is 0. The summed E-state index contributed by atoms with van der Waals surface area (Å²) in [5.41, 5.74) is 5.15. The van der Waals surface area contributed by atoms with Gasteiger partial charge in [0.15, 0.2) is 6.61 Å². The maximum Gasteiger partial charge on any atom is 0.277 e. The fourth-order valence-electron chi connectivity index (χ4n) is 2.53. The number of rotatable bonds is 6. The number of nitrogens with zero attached hydrogens (tertiary/aromatic N) is 5. The Labute approximate surface area is 153 Å². The summed E-state index contributed by atoms with van der Waals surface area (Å²) in [7, 11) is 0. The zero-order chi connectivity index (χ0) is 18.5. The maximum atomic E-state index is 11.9. The number of para-hydroxylation sites is 1. The second-order valence-corrected chi connectivity index (χ2v) is 5.62. The van der Waals surface area contributed by atoms with Crippen molar-refractivity contribution in [1.82, 2.24) is 30.6 Å². The van der Waals surface area contributed by atoms with Crippen LogP contribution in [0.4, 0.5) is 0 Å². The fraction of sp³-hybridized carbons (Fsp3) is 0.0556. The Morgan fingerprint density at radius 3 is 2.89 bits per heavy atom. The summed E-state index contributed by atoms with van der Waals surface area (Å²) < 4.78 is 6.97. The molecule has 0 aliphatic carbocycles. The van der Waals surface area contributed by atoms with Crippen molar-refractivity contribution in [3.8, 4) is 11.4 Å². The maximum absolute atomic E-state index is 11.9. The number of benzene rings is 2. The molecule has 2 aromatic heterocycles. The Balaban J connectivity index is 1.29. The van der Waals surface area contributed by atoms with Crippen molar-refractivity contribution >= 4 is 23.0 Å². The average molecular weight is 361 g/mol. The molecule has 2 N–H and O–H groups in total. The first-order valence-corrected chi connectivity index (χ1v) is 8.14. The Kier molecular flexibility index (Phi) is 4.56. The molecule has 0 unspecified atom stereocenters. The van der Waals surface area contributed by atoms with E-state index < -0.39 is 0 Å². The summed E-state index contributed by atoms with van der Waals surface area (Å²) in [6.45, 7) is -0.143. The van der Waals surface area contributed by atoms with Crippen LogP contribution in [0.15, 0.2) is 66.2 Å². The highest BCUT2D eigenvalue weighted by molar-refractivity contribution is 5.99. The van der Waals surface area contributed by atoms with E-state index in [1.165, 1.54) is 11.0 Å². The van der Waals surface area contributed by atoms with Crippen molar-refractivity contribution < 1.29 is 9.53 Å². The minimum atomic E-state index is -0.351. The molecule has 9 nitrogen and oxygen atoms in total. The fourth-order valence-corrected chi connectivity index (χ4v) is 2.53. The van der Waals surface area contributed by atoms with Gasteiger partial charge < -0.3 is 9.72 Å². The lowest BCUT2D eigenvalue weighted by Crippen LogP contribution is -2.24. The van der Waals surface area contributed by atoms with Crippen molar-refractivity contribution in [3.05, 3.63) is 66.6 Å². The van der Waals surface area contributed by atoms with Crippen LogP contribution in [-0.2, 0) is 4.79 Å². The van der Waals surface area contributed by atoms with Crippen molar-refractivity contribution in [2.24, 2.45) is 5.10 Å². The van der Waals surface area contributed by atoms with Gasteiger partial charge in [0.2, 0.25) is 0 Å². The molecule has 0 aliphatic heterocycles. The van der Waals surface area contributed by atoms with Crippen molar-refractivity contribution in [2.45, 2.75) is 0 Å². The largest absolute Gasteiger partial charge is 0.484 e. The molecule has 0 atom stereocenters. The molecule has 0 saturated carbocycles. The lowest BCUT2D eigenvalue weighted by Gasteiger charge is -2.06. The standard InChI is InChI=1S/C18H15N7O2/c26-18(22-20-10-13-9-19-17-4-2-1-3-16(13)17)11-27-15-7-5-14(6-8-15)25-12-21-23-24-25/h1-10,12,19H,11H2,(H,22,26)/b20-10-. The van der Waals surface area contributed by atoms with Gasteiger partial charge in [0.1, 0.15) is 12.1 Å². The van der Waals surface area contributed by atoms with E-state index in [-0.39, 0.29) is 12.5 Å². The van der Waals surface area contributed by atoms with E-state index in [4.69, 9.17) is 4.74 Å². The van der Waals surface area contributed by atoms with E-state index in [0.29, 0.717) is 5.75 Å². The number of tetrazole rings is 1. The molecule has 0 spiro atoms. The van der Waals surface area contributed by atoms with E-state index in [9.17, 15) is 4.79 Å². The highest BCUT2D eigenvalue weighted by Gasteiger charge is 2.04. The van der Waals surface area contributed by atoms with E-state index in [1.807, 2.05) is 30.5 Å². The number of hydrogen-bond donors (Lipinski definition) is 2. The van der Waals surface area contributed by atoms with Crippen LogP contribution in [0.1, 0.15) is 5.56 Å². The summed E-state index contributed by atoms with van der Waals surface area (Å²) in [6, 6.07) is 14.9. The molecule has 27 heavy (non-hydrogen) atoms. The van der Waals surface area contributed by atoms with Crippen LogP contribution in [0.2, 0.25) is 0 Å². The van der Waals surface area contributed by atoms with Gasteiger partial charge in [-0.05, 0) is 40.8 Å². The predicted octanol–water partition coefficient (Wildman–Crippen LogP) is 1.67. The molecule has 0 fully saturated rings. The number of nitrogens with one attached hydrogen (secondary N) is 2. The highest BCUT2D eigenvalue weighted by atomic mass is 16.5. The van der Waals surface area contributed by atoms with Crippen molar-refractivity contribution in [1.29, 1.82) is 0 Å². The number of carbonyl (C=O) groups excluding carboxylic acids is 1. The zero-order valence-electron chi connectivity index (χ0n) is 14.1. The molecule has 0 aliphatic rings. The first-order chi connectivity index (χ1) is 13.3. The molecule has 0 radical (unpaired) electrons. The lowest BCUT2D eigenvalue weighted by molar-refractivity contribution is -0.123. The topological polar surface area (TPSA) is 110 Å².